The quantitative estimate of drug-likeness (QED) is 0.792. The van der Waals surface area contributed by atoms with Crippen LogP contribution in [0.25, 0.3) is 0 Å². The van der Waals surface area contributed by atoms with Gasteiger partial charge in [-0.2, -0.15) is 8.42 Å². The average Bonchev–Trinajstić information content (AvgIpc) is 2.65. The summed E-state index contributed by atoms with van der Waals surface area (Å²) in [4.78, 5) is 0.185. The maximum Gasteiger partial charge on any atom is 0.286 e. The Morgan fingerprint density at radius 3 is 2.65 bits per heavy atom. The van der Waals surface area contributed by atoms with Gasteiger partial charge in [-0.05, 0) is 42.8 Å². The number of halogens is 1. The molecule has 0 unspecified atom stereocenters. The molecule has 0 aromatic heterocycles. The Morgan fingerprint density at radius 2 is 1.90 bits per heavy atom. The van der Waals surface area contributed by atoms with E-state index in [2.05, 4.69) is 20.3 Å². The summed E-state index contributed by atoms with van der Waals surface area (Å²) in [5, 5.41) is 0. The van der Waals surface area contributed by atoms with Crippen molar-refractivity contribution in [3.8, 4) is 5.75 Å². The molecule has 3 rings (SSSR count). The van der Waals surface area contributed by atoms with E-state index in [9.17, 15) is 8.42 Å². The lowest BCUT2D eigenvalue weighted by molar-refractivity contribution is 0.549. The third-order valence-corrected chi connectivity index (χ3v) is 4.75. The summed E-state index contributed by atoms with van der Waals surface area (Å²) >= 11 is 3.37. The van der Waals surface area contributed by atoms with Crippen LogP contribution in [0, 0.1) is 6.92 Å². The van der Waals surface area contributed by atoms with Crippen molar-refractivity contribution in [1.29, 1.82) is 0 Å². The third-order valence-electron chi connectivity index (χ3n) is 2.94. The molecule has 4 nitrogen and oxygen atoms in total. The average molecular weight is 352 g/mol. The third kappa shape index (κ3) is 2.25. The molecule has 0 aliphatic carbocycles. The Hall–Kier alpha value is -1.66. The maximum absolute atomic E-state index is 11.9. The molecule has 0 saturated carbocycles. The molecule has 0 N–H and O–H groups in total. The predicted molar refractivity (Wildman–Crippen MR) is 79.7 cm³/mol. The van der Waals surface area contributed by atoms with Gasteiger partial charge < -0.3 is 4.74 Å². The van der Waals surface area contributed by atoms with Crippen LogP contribution in [-0.4, -0.2) is 14.3 Å². The molecule has 102 valence electrons. The second kappa shape index (κ2) is 4.71. The fourth-order valence-electron chi connectivity index (χ4n) is 1.98. The molecule has 6 heteroatoms. The van der Waals surface area contributed by atoms with E-state index in [1.807, 2.05) is 19.1 Å². The topological polar surface area (TPSA) is 55.7 Å². The van der Waals surface area contributed by atoms with Crippen LogP contribution >= 0.6 is 15.9 Å². The highest BCUT2D eigenvalue weighted by atomic mass is 79.9. The molecule has 20 heavy (non-hydrogen) atoms. The van der Waals surface area contributed by atoms with Crippen LogP contribution < -0.4 is 4.74 Å². The second-order valence-electron chi connectivity index (χ2n) is 4.38. The Labute approximate surface area is 125 Å². The highest BCUT2D eigenvalue weighted by Gasteiger charge is 2.30. The molecule has 0 atom stereocenters. The van der Waals surface area contributed by atoms with Gasteiger partial charge in [0.05, 0.1) is 5.56 Å². The number of rotatable bonds is 1. The van der Waals surface area contributed by atoms with Crippen molar-refractivity contribution < 1.29 is 13.2 Å². The summed E-state index contributed by atoms with van der Waals surface area (Å²) in [7, 11) is -3.64. The van der Waals surface area contributed by atoms with E-state index in [1.54, 1.807) is 24.3 Å². The van der Waals surface area contributed by atoms with Gasteiger partial charge in [-0.25, -0.2) is 0 Å². The number of aryl methyl sites for hydroxylation is 1. The van der Waals surface area contributed by atoms with Crippen molar-refractivity contribution in [3.05, 3.63) is 58.1 Å². The molecule has 2 aromatic carbocycles. The molecule has 0 fully saturated rings. The Morgan fingerprint density at radius 1 is 1.15 bits per heavy atom. The number of hydrogen-bond acceptors (Lipinski definition) is 3. The minimum Gasteiger partial charge on any atom is -0.437 e. The number of ether oxygens (including phenoxy) is 1. The van der Waals surface area contributed by atoms with Gasteiger partial charge in [0.15, 0.2) is 0 Å². The SMILES string of the molecule is Cc1cc(Br)ccc1OC1=NS(=O)(=O)c2ccccc21. The molecule has 0 bridgehead atoms. The van der Waals surface area contributed by atoms with Crippen molar-refractivity contribution in [3.63, 3.8) is 0 Å². The van der Waals surface area contributed by atoms with E-state index < -0.39 is 10.0 Å². The monoisotopic (exact) mass is 351 g/mol. The zero-order valence-corrected chi connectivity index (χ0v) is 12.9. The fourth-order valence-corrected chi connectivity index (χ4v) is 3.59. The largest absolute Gasteiger partial charge is 0.437 e. The van der Waals surface area contributed by atoms with Crippen molar-refractivity contribution >= 4 is 31.9 Å². The van der Waals surface area contributed by atoms with Crippen LogP contribution in [0.1, 0.15) is 11.1 Å². The van der Waals surface area contributed by atoms with Crippen LogP contribution in [0.15, 0.2) is 56.2 Å². The smallest absolute Gasteiger partial charge is 0.286 e. The number of sulfonamides is 1. The number of hydrogen-bond donors (Lipinski definition) is 0. The zero-order chi connectivity index (χ0) is 14.3. The van der Waals surface area contributed by atoms with Gasteiger partial charge in [-0.1, -0.05) is 28.1 Å². The summed E-state index contributed by atoms with van der Waals surface area (Å²) in [6.07, 6.45) is 0. The van der Waals surface area contributed by atoms with E-state index in [0.29, 0.717) is 11.3 Å². The normalized spacial score (nSPS) is 15.6. The van der Waals surface area contributed by atoms with Crippen molar-refractivity contribution in [1.82, 2.24) is 0 Å². The second-order valence-corrected chi connectivity index (χ2v) is 6.87. The summed E-state index contributed by atoms with van der Waals surface area (Å²) in [6, 6.07) is 12.1. The van der Waals surface area contributed by atoms with Crippen LogP contribution in [-0.2, 0) is 10.0 Å². The summed E-state index contributed by atoms with van der Waals surface area (Å²) < 4.78 is 34.1. The fraction of sp³-hybridized carbons (Fsp3) is 0.0714. The van der Waals surface area contributed by atoms with Crippen LogP contribution in [0.4, 0.5) is 0 Å². The zero-order valence-electron chi connectivity index (χ0n) is 10.5. The Bertz CT molecular complexity index is 828. The first-order chi connectivity index (χ1) is 9.47. The molecule has 0 spiro atoms. The van der Waals surface area contributed by atoms with Crippen LogP contribution in [0.5, 0.6) is 5.75 Å². The summed E-state index contributed by atoms with van der Waals surface area (Å²) in [6.45, 7) is 1.88. The summed E-state index contributed by atoms with van der Waals surface area (Å²) in [5.41, 5.74) is 1.39. The van der Waals surface area contributed by atoms with Gasteiger partial charge in [0.1, 0.15) is 10.6 Å². The lowest BCUT2D eigenvalue weighted by atomic mass is 10.2. The molecule has 0 saturated heterocycles. The number of benzene rings is 2. The molecule has 0 radical (unpaired) electrons. The van der Waals surface area contributed by atoms with E-state index in [4.69, 9.17) is 4.74 Å². The standard InChI is InChI=1S/C14H10BrNO3S/c1-9-8-10(15)6-7-12(9)19-14-11-4-2-3-5-13(11)20(17,18)16-14/h2-8H,1H3. The lowest BCUT2D eigenvalue weighted by Gasteiger charge is -2.08. The summed E-state index contributed by atoms with van der Waals surface area (Å²) in [5.74, 6) is 0.699. The van der Waals surface area contributed by atoms with Crippen molar-refractivity contribution in [2.45, 2.75) is 11.8 Å². The first kappa shape index (κ1) is 13.3. The molecule has 1 aliphatic rings. The maximum atomic E-state index is 11.9. The molecular weight excluding hydrogens is 342 g/mol. The van der Waals surface area contributed by atoms with Gasteiger partial charge in [0.2, 0.25) is 5.90 Å². The van der Waals surface area contributed by atoms with E-state index in [-0.39, 0.29) is 10.8 Å². The molecule has 1 aliphatic heterocycles. The van der Waals surface area contributed by atoms with Crippen LogP contribution in [0.2, 0.25) is 0 Å². The minimum absolute atomic E-state index is 0.117. The van der Waals surface area contributed by atoms with Gasteiger partial charge in [0.25, 0.3) is 10.0 Å². The molecule has 0 amide bonds. The number of fused-ring (bicyclic) bond motifs is 1. The molecule has 2 aromatic rings. The van der Waals surface area contributed by atoms with E-state index in [0.717, 1.165) is 10.0 Å². The molecular formula is C14H10BrNO3S. The minimum atomic E-state index is -3.64. The van der Waals surface area contributed by atoms with Gasteiger partial charge in [0, 0.05) is 4.47 Å². The lowest BCUT2D eigenvalue weighted by Crippen LogP contribution is -2.08. The van der Waals surface area contributed by atoms with Crippen molar-refractivity contribution in [2.75, 3.05) is 0 Å². The molecule has 1 heterocycles. The van der Waals surface area contributed by atoms with Gasteiger partial charge in [-0.3, -0.25) is 0 Å². The Balaban J connectivity index is 2.05. The predicted octanol–water partition coefficient (Wildman–Crippen LogP) is 3.29. The first-order valence-corrected chi connectivity index (χ1v) is 8.09. The Kier molecular flexibility index (Phi) is 3.14. The number of nitrogens with zero attached hydrogens (tertiary/aromatic N) is 1. The van der Waals surface area contributed by atoms with Gasteiger partial charge in [-0.15, -0.1) is 4.40 Å². The van der Waals surface area contributed by atoms with Gasteiger partial charge >= 0.3 is 0 Å². The van der Waals surface area contributed by atoms with E-state index in [1.165, 1.54) is 6.07 Å². The highest BCUT2D eigenvalue weighted by Crippen LogP contribution is 2.29. The first-order valence-electron chi connectivity index (χ1n) is 5.86. The van der Waals surface area contributed by atoms with Crippen molar-refractivity contribution in [2.24, 2.45) is 4.40 Å². The van der Waals surface area contributed by atoms with E-state index >= 15 is 0 Å². The van der Waals surface area contributed by atoms with Crippen LogP contribution in [0.3, 0.4) is 0 Å². The highest BCUT2D eigenvalue weighted by molar-refractivity contribution is 9.10.